The number of pyridine rings is 1. The van der Waals surface area contributed by atoms with Crippen molar-refractivity contribution in [3.63, 3.8) is 0 Å². The van der Waals surface area contributed by atoms with Crippen molar-refractivity contribution in [1.29, 1.82) is 0 Å². The first-order valence-electron chi connectivity index (χ1n) is 3.55. The summed E-state index contributed by atoms with van der Waals surface area (Å²) in [6.07, 6.45) is 1.02. The maximum Gasteiger partial charge on any atom is 0.261 e. The highest BCUT2D eigenvalue weighted by Gasteiger charge is 2.00. The smallest absolute Gasteiger partial charge is 0.261 e. The maximum atomic E-state index is 12.7. The Morgan fingerprint density at radius 3 is 3.00 bits per heavy atom. The summed E-state index contributed by atoms with van der Waals surface area (Å²) in [6.45, 7) is 0. The van der Waals surface area contributed by atoms with Crippen LogP contribution in [0.5, 0.6) is 5.88 Å². The molecule has 2 rings (SSSR count). The van der Waals surface area contributed by atoms with Crippen molar-refractivity contribution in [3.8, 4) is 5.88 Å². The van der Waals surface area contributed by atoms with Crippen LogP contribution in [0.4, 0.5) is 4.39 Å². The lowest BCUT2D eigenvalue weighted by molar-refractivity contribution is 0.452. The quantitative estimate of drug-likeness (QED) is 0.643. The van der Waals surface area contributed by atoms with Gasteiger partial charge in [-0.1, -0.05) is 0 Å². The fraction of sp³-hybridized carbons (Fsp3) is 0. The number of rotatable bonds is 0. The van der Waals surface area contributed by atoms with Crippen LogP contribution in [0.15, 0.2) is 29.2 Å². The van der Waals surface area contributed by atoms with Crippen LogP contribution in [0.1, 0.15) is 0 Å². The molecular formula is C8H5FN2O2. The molecule has 0 fully saturated rings. The molecule has 13 heavy (non-hydrogen) atoms. The highest BCUT2D eigenvalue weighted by atomic mass is 19.1. The van der Waals surface area contributed by atoms with Gasteiger partial charge in [-0.15, -0.1) is 0 Å². The molecule has 0 saturated heterocycles. The lowest BCUT2D eigenvalue weighted by Crippen LogP contribution is -2.13. The highest BCUT2D eigenvalue weighted by Crippen LogP contribution is 2.04. The average Bonchev–Trinajstić information content (AvgIpc) is 2.06. The van der Waals surface area contributed by atoms with E-state index in [1.165, 1.54) is 12.1 Å². The second kappa shape index (κ2) is 2.55. The van der Waals surface area contributed by atoms with Crippen molar-refractivity contribution in [1.82, 2.24) is 9.38 Å². The largest absolute Gasteiger partial charge is 0.493 e. The Labute approximate surface area is 71.9 Å². The molecule has 5 heteroatoms. The van der Waals surface area contributed by atoms with Gasteiger partial charge in [0.2, 0.25) is 5.88 Å². The van der Waals surface area contributed by atoms with Crippen molar-refractivity contribution in [2.75, 3.05) is 0 Å². The van der Waals surface area contributed by atoms with Crippen LogP contribution in [-0.4, -0.2) is 14.5 Å². The number of aromatic hydroxyl groups is 1. The molecule has 0 aliphatic carbocycles. The van der Waals surface area contributed by atoms with Crippen molar-refractivity contribution < 1.29 is 9.50 Å². The van der Waals surface area contributed by atoms with Crippen LogP contribution in [0.3, 0.4) is 0 Å². The summed E-state index contributed by atoms with van der Waals surface area (Å²) in [5.41, 5.74) is -0.298. The molecule has 66 valence electrons. The van der Waals surface area contributed by atoms with E-state index >= 15 is 0 Å². The van der Waals surface area contributed by atoms with Gasteiger partial charge in [0.1, 0.15) is 11.5 Å². The molecule has 1 N–H and O–H groups in total. The van der Waals surface area contributed by atoms with E-state index in [-0.39, 0.29) is 11.5 Å². The molecule has 0 unspecified atom stereocenters. The van der Waals surface area contributed by atoms with E-state index in [0.29, 0.717) is 0 Å². The minimum absolute atomic E-state index is 0.214. The third-order valence-corrected chi connectivity index (χ3v) is 1.61. The predicted octanol–water partition coefficient (Wildman–Crippen LogP) is 0.539. The van der Waals surface area contributed by atoms with Crippen LogP contribution in [0, 0.1) is 5.82 Å². The van der Waals surface area contributed by atoms with Gasteiger partial charge in [-0.3, -0.25) is 9.20 Å². The molecule has 0 aliphatic heterocycles. The Balaban J connectivity index is 2.95. The fourth-order valence-electron chi connectivity index (χ4n) is 1.06. The van der Waals surface area contributed by atoms with Crippen LogP contribution >= 0.6 is 0 Å². The number of fused-ring (bicyclic) bond motifs is 1. The summed E-state index contributed by atoms with van der Waals surface area (Å²) in [5, 5.41) is 8.96. The molecule has 2 aromatic rings. The lowest BCUT2D eigenvalue weighted by atomic mass is 10.4. The number of hydrogen-bond donors (Lipinski definition) is 1. The van der Waals surface area contributed by atoms with Gasteiger partial charge in [0.25, 0.3) is 5.56 Å². The molecule has 0 saturated carbocycles. The zero-order chi connectivity index (χ0) is 9.42. The summed E-state index contributed by atoms with van der Waals surface area (Å²) in [7, 11) is 0. The van der Waals surface area contributed by atoms with E-state index in [0.717, 1.165) is 16.7 Å². The molecule has 0 spiro atoms. The van der Waals surface area contributed by atoms with Gasteiger partial charge >= 0.3 is 0 Å². The zero-order valence-corrected chi connectivity index (χ0v) is 6.44. The normalized spacial score (nSPS) is 10.5. The average molecular weight is 180 g/mol. The van der Waals surface area contributed by atoms with E-state index in [1.807, 2.05) is 0 Å². The Morgan fingerprint density at radius 2 is 2.23 bits per heavy atom. The van der Waals surface area contributed by atoms with Gasteiger partial charge in [0.15, 0.2) is 0 Å². The number of halogens is 1. The standard InChI is InChI=1S/C8H5FN2O2/c9-5-1-2-6-10-7(12)3-8(13)11(6)4-5/h1-4,12H. The first-order chi connectivity index (χ1) is 6.16. The van der Waals surface area contributed by atoms with Crippen LogP contribution in [0.25, 0.3) is 5.65 Å². The molecule has 0 bridgehead atoms. The van der Waals surface area contributed by atoms with Crippen LogP contribution in [-0.2, 0) is 0 Å². The van der Waals surface area contributed by atoms with Crippen LogP contribution in [0.2, 0.25) is 0 Å². The number of nitrogens with zero attached hydrogens (tertiary/aromatic N) is 2. The van der Waals surface area contributed by atoms with Crippen LogP contribution < -0.4 is 5.56 Å². The molecule has 0 amide bonds. The Kier molecular flexibility index (Phi) is 1.51. The molecule has 4 nitrogen and oxygen atoms in total. The minimum atomic E-state index is -0.526. The molecule has 0 aliphatic rings. The van der Waals surface area contributed by atoms with E-state index in [9.17, 15) is 9.18 Å². The Hall–Kier alpha value is -1.91. The topological polar surface area (TPSA) is 54.6 Å². The Morgan fingerprint density at radius 1 is 1.46 bits per heavy atom. The first kappa shape index (κ1) is 7.72. The summed E-state index contributed by atoms with van der Waals surface area (Å²) in [6, 6.07) is 3.41. The van der Waals surface area contributed by atoms with Gasteiger partial charge in [0, 0.05) is 6.20 Å². The highest BCUT2D eigenvalue weighted by molar-refractivity contribution is 5.39. The van der Waals surface area contributed by atoms with Gasteiger partial charge < -0.3 is 5.11 Å². The van der Waals surface area contributed by atoms with E-state index in [2.05, 4.69) is 4.98 Å². The minimum Gasteiger partial charge on any atom is -0.493 e. The first-order valence-corrected chi connectivity index (χ1v) is 3.55. The van der Waals surface area contributed by atoms with E-state index in [4.69, 9.17) is 5.11 Å². The van der Waals surface area contributed by atoms with E-state index in [1.54, 1.807) is 0 Å². The Bertz CT molecular complexity index is 521. The van der Waals surface area contributed by atoms with Gasteiger partial charge in [0.05, 0.1) is 6.07 Å². The monoisotopic (exact) mass is 180 g/mol. The van der Waals surface area contributed by atoms with Crippen molar-refractivity contribution in [3.05, 3.63) is 40.6 Å². The van der Waals surface area contributed by atoms with Gasteiger partial charge in [-0.05, 0) is 12.1 Å². The molecule has 2 aromatic heterocycles. The second-order valence-corrected chi connectivity index (χ2v) is 2.53. The molecule has 0 radical (unpaired) electrons. The van der Waals surface area contributed by atoms with Crippen molar-refractivity contribution >= 4 is 5.65 Å². The second-order valence-electron chi connectivity index (χ2n) is 2.53. The SMILES string of the molecule is O=c1cc(O)nc2ccc(F)cn12. The lowest BCUT2D eigenvalue weighted by Gasteiger charge is -1.98. The fourth-order valence-corrected chi connectivity index (χ4v) is 1.06. The number of aromatic nitrogens is 2. The van der Waals surface area contributed by atoms with Crippen molar-refractivity contribution in [2.24, 2.45) is 0 Å². The summed E-state index contributed by atoms with van der Waals surface area (Å²) in [5.74, 6) is -0.890. The van der Waals surface area contributed by atoms with E-state index < -0.39 is 11.4 Å². The van der Waals surface area contributed by atoms with Gasteiger partial charge in [-0.25, -0.2) is 4.39 Å². The van der Waals surface area contributed by atoms with Crippen molar-refractivity contribution in [2.45, 2.75) is 0 Å². The third kappa shape index (κ3) is 1.24. The summed E-state index contributed by atoms with van der Waals surface area (Å²) in [4.78, 5) is 14.8. The molecule has 0 atom stereocenters. The zero-order valence-electron chi connectivity index (χ0n) is 6.44. The molecule has 2 heterocycles. The summed E-state index contributed by atoms with van der Waals surface area (Å²) < 4.78 is 13.7. The molecule has 0 aromatic carbocycles. The predicted molar refractivity (Wildman–Crippen MR) is 43.1 cm³/mol. The number of hydrogen-bond acceptors (Lipinski definition) is 3. The third-order valence-electron chi connectivity index (χ3n) is 1.61. The maximum absolute atomic E-state index is 12.7. The molecular weight excluding hydrogens is 175 g/mol. The summed E-state index contributed by atoms with van der Waals surface area (Å²) >= 11 is 0. The van der Waals surface area contributed by atoms with Gasteiger partial charge in [-0.2, -0.15) is 4.98 Å².